The largest absolute Gasteiger partial charge is 0.350 e. The minimum atomic E-state index is -0.161. The first kappa shape index (κ1) is 22.3. The molecule has 3 rings (SSSR count). The molecule has 31 heavy (non-hydrogen) atoms. The summed E-state index contributed by atoms with van der Waals surface area (Å²) < 4.78 is 1.88. The van der Waals surface area contributed by atoms with E-state index < -0.39 is 0 Å². The van der Waals surface area contributed by atoms with Crippen molar-refractivity contribution in [2.24, 2.45) is 0 Å². The molecule has 0 radical (unpaired) electrons. The van der Waals surface area contributed by atoms with Crippen LogP contribution in [0, 0.1) is 0 Å². The molecule has 3 aromatic rings. The Bertz CT molecular complexity index is 1030. The molecule has 0 aliphatic heterocycles. The minimum Gasteiger partial charge on any atom is -0.350 e. The van der Waals surface area contributed by atoms with Crippen molar-refractivity contribution in [2.45, 2.75) is 52.7 Å². The molecule has 0 saturated carbocycles. The number of amides is 2. The Morgan fingerprint density at radius 3 is 2.45 bits per heavy atom. The standard InChI is InChI=1S/C25H30N4O2/c1-4-18(3)28-24(30)21-13-9-12-20(14-21)15-26-25(31)22-16-27-29(23(22)5-2)17-19-10-7-6-8-11-19/h6-14,16,18H,4-5,15,17H2,1-3H3,(H,26,31)(H,28,30). The van der Waals surface area contributed by atoms with Gasteiger partial charge in [-0.2, -0.15) is 5.10 Å². The topological polar surface area (TPSA) is 76.0 Å². The Morgan fingerprint density at radius 1 is 1.00 bits per heavy atom. The Kier molecular flexibility index (Phi) is 7.60. The number of rotatable bonds is 9. The predicted octanol–water partition coefficient (Wildman–Crippen LogP) is 3.95. The molecule has 0 saturated heterocycles. The maximum absolute atomic E-state index is 12.8. The van der Waals surface area contributed by atoms with Crippen LogP contribution < -0.4 is 10.6 Å². The quantitative estimate of drug-likeness (QED) is 0.552. The second-order valence-corrected chi connectivity index (χ2v) is 7.67. The second-order valence-electron chi connectivity index (χ2n) is 7.67. The van der Waals surface area contributed by atoms with E-state index in [1.165, 1.54) is 0 Å². The van der Waals surface area contributed by atoms with E-state index in [2.05, 4.69) is 15.7 Å². The van der Waals surface area contributed by atoms with Crippen LogP contribution in [-0.2, 0) is 19.5 Å². The molecular formula is C25H30N4O2. The van der Waals surface area contributed by atoms with Gasteiger partial charge in [-0.15, -0.1) is 0 Å². The van der Waals surface area contributed by atoms with E-state index in [1.807, 2.05) is 74.0 Å². The van der Waals surface area contributed by atoms with Crippen LogP contribution in [0.5, 0.6) is 0 Å². The summed E-state index contributed by atoms with van der Waals surface area (Å²) in [6, 6.07) is 17.5. The first-order chi connectivity index (χ1) is 15.0. The second kappa shape index (κ2) is 10.6. The monoisotopic (exact) mass is 418 g/mol. The van der Waals surface area contributed by atoms with Gasteiger partial charge < -0.3 is 10.6 Å². The molecule has 2 aromatic carbocycles. The van der Waals surface area contributed by atoms with Gasteiger partial charge in [0, 0.05) is 18.2 Å². The summed E-state index contributed by atoms with van der Waals surface area (Å²) in [6.07, 6.45) is 3.22. The lowest BCUT2D eigenvalue weighted by atomic mass is 10.1. The summed E-state index contributed by atoms with van der Waals surface area (Å²) in [4.78, 5) is 25.2. The van der Waals surface area contributed by atoms with Gasteiger partial charge >= 0.3 is 0 Å². The number of aromatic nitrogens is 2. The molecular weight excluding hydrogens is 388 g/mol. The van der Waals surface area contributed by atoms with Crippen LogP contribution in [0.2, 0.25) is 0 Å². The van der Waals surface area contributed by atoms with Gasteiger partial charge in [0.1, 0.15) is 0 Å². The van der Waals surface area contributed by atoms with Crippen LogP contribution >= 0.6 is 0 Å². The SMILES string of the molecule is CCc1c(C(=O)NCc2cccc(C(=O)NC(C)CC)c2)cnn1Cc1ccccc1. The number of hydrogen-bond acceptors (Lipinski definition) is 3. The third-order valence-electron chi connectivity index (χ3n) is 5.34. The van der Waals surface area contributed by atoms with E-state index in [0.29, 0.717) is 30.6 Å². The first-order valence-corrected chi connectivity index (χ1v) is 10.8. The van der Waals surface area contributed by atoms with Gasteiger partial charge in [0.15, 0.2) is 0 Å². The fraction of sp³-hybridized carbons (Fsp3) is 0.320. The maximum atomic E-state index is 12.8. The maximum Gasteiger partial charge on any atom is 0.255 e. The molecule has 162 valence electrons. The highest BCUT2D eigenvalue weighted by atomic mass is 16.2. The first-order valence-electron chi connectivity index (χ1n) is 10.8. The number of carbonyl (C=O) groups is 2. The Balaban J connectivity index is 1.66. The zero-order valence-corrected chi connectivity index (χ0v) is 18.4. The van der Waals surface area contributed by atoms with Crippen molar-refractivity contribution in [2.75, 3.05) is 0 Å². The van der Waals surface area contributed by atoms with Gasteiger partial charge in [-0.3, -0.25) is 14.3 Å². The summed E-state index contributed by atoms with van der Waals surface area (Å²) in [5.41, 5.74) is 4.10. The Labute approximate surface area is 183 Å². The number of nitrogens with one attached hydrogen (secondary N) is 2. The van der Waals surface area contributed by atoms with Gasteiger partial charge in [0.05, 0.1) is 24.0 Å². The molecule has 0 bridgehead atoms. The zero-order valence-electron chi connectivity index (χ0n) is 18.4. The van der Waals surface area contributed by atoms with E-state index in [9.17, 15) is 9.59 Å². The molecule has 1 unspecified atom stereocenters. The third-order valence-corrected chi connectivity index (χ3v) is 5.34. The van der Waals surface area contributed by atoms with E-state index >= 15 is 0 Å². The van der Waals surface area contributed by atoms with Crippen molar-refractivity contribution in [3.63, 3.8) is 0 Å². The van der Waals surface area contributed by atoms with Crippen molar-refractivity contribution < 1.29 is 9.59 Å². The fourth-order valence-electron chi connectivity index (χ4n) is 3.38. The average Bonchev–Trinajstić information content (AvgIpc) is 3.20. The highest BCUT2D eigenvalue weighted by molar-refractivity contribution is 5.95. The van der Waals surface area contributed by atoms with Crippen molar-refractivity contribution in [3.05, 3.63) is 88.7 Å². The molecule has 2 amide bonds. The Morgan fingerprint density at radius 2 is 1.74 bits per heavy atom. The van der Waals surface area contributed by atoms with Gasteiger partial charge in [0.25, 0.3) is 11.8 Å². The van der Waals surface area contributed by atoms with Gasteiger partial charge in [-0.1, -0.05) is 56.3 Å². The summed E-state index contributed by atoms with van der Waals surface area (Å²) in [5.74, 6) is -0.261. The lowest BCUT2D eigenvalue weighted by molar-refractivity contribution is 0.0936. The summed E-state index contributed by atoms with van der Waals surface area (Å²) in [5, 5.41) is 10.4. The van der Waals surface area contributed by atoms with Crippen LogP contribution in [-0.4, -0.2) is 27.6 Å². The van der Waals surface area contributed by atoms with E-state index in [-0.39, 0.29) is 17.9 Å². The minimum absolute atomic E-state index is 0.0991. The summed E-state index contributed by atoms with van der Waals surface area (Å²) in [7, 11) is 0. The van der Waals surface area contributed by atoms with Gasteiger partial charge in [-0.05, 0) is 43.0 Å². The van der Waals surface area contributed by atoms with Gasteiger partial charge in [-0.25, -0.2) is 0 Å². The molecule has 1 heterocycles. The highest BCUT2D eigenvalue weighted by Crippen LogP contribution is 2.13. The molecule has 0 fully saturated rings. The number of benzene rings is 2. The molecule has 0 spiro atoms. The van der Waals surface area contributed by atoms with Crippen molar-refractivity contribution in [1.82, 2.24) is 20.4 Å². The summed E-state index contributed by atoms with van der Waals surface area (Å²) in [6.45, 7) is 7.00. The van der Waals surface area contributed by atoms with E-state index in [4.69, 9.17) is 0 Å². The molecule has 2 N–H and O–H groups in total. The van der Waals surface area contributed by atoms with Crippen LogP contribution in [0.1, 0.15) is 64.7 Å². The van der Waals surface area contributed by atoms with Crippen molar-refractivity contribution in [1.29, 1.82) is 0 Å². The molecule has 0 aliphatic rings. The van der Waals surface area contributed by atoms with E-state index in [0.717, 1.165) is 23.2 Å². The molecule has 1 aromatic heterocycles. The summed E-state index contributed by atoms with van der Waals surface area (Å²) >= 11 is 0. The molecule has 0 aliphatic carbocycles. The van der Waals surface area contributed by atoms with Crippen LogP contribution in [0.3, 0.4) is 0 Å². The normalized spacial score (nSPS) is 11.7. The lowest BCUT2D eigenvalue weighted by Gasteiger charge is -2.12. The lowest BCUT2D eigenvalue weighted by Crippen LogP contribution is -2.32. The van der Waals surface area contributed by atoms with E-state index in [1.54, 1.807) is 12.3 Å². The number of nitrogens with zero attached hydrogens (tertiary/aromatic N) is 2. The molecule has 6 nitrogen and oxygen atoms in total. The fourth-order valence-corrected chi connectivity index (χ4v) is 3.38. The van der Waals surface area contributed by atoms with Crippen LogP contribution in [0.4, 0.5) is 0 Å². The van der Waals surface area contributed by atoms with Crippen molar-refractivity contribution in [3.8, 4) is 0 Å². The molecule has 6 heteroatoms. The average molecular weight is 419 g/mol. The predicted molar refractivity (Wildman–Crippen MR) is 122 cm³/mol. The number of hydrogen-bond donors (Lipinski definition) is 2. The highest BCUT2D eigenvalue weighted by Gasteiger charge is 2.16. The zero-order chi connectivity index (χ0) is 22.2. The van der Waals surface area contributed by atoms with Gasteiger partial charge in [0.2, 0.25) is 0 Å². The smallest absolute Gasteiger partial charge is 0.255 e. The third kappa shape index (κ3) is 5.81. The number of carbonyl (C=O) groups excluding carboxylic acids is 2. The van der Waals surface area contributed by atoms with Crippen LogP contribution in [0.25, 0.3) is 0 Å². The Hall–Kier alpha value is -3.41. The van der Waals surface area contributed by atoms with Crippen molar-refractivity contribution >= 4 is 11.8 Å². The molecule has 1 atom stereocenters. The van der Waals surface area contributed by atoms with Crippen LogP contribution in [0.15, 0.2) is 60.8 Å².